The first-order valence-corrected chi connectivity index (χ1v) is 15.6. The van der Waals surface area contributed by atoms with E-state index in [-0.39, 0.29) is 11.6 Å². The van der Waals surface area contributed by atoms with Crippen LogP contribution in [0.5, 0.6) is 0 Å². The van der Waals surface area contributed by atoms with E-state index in [0.29, 0.717) is 12.2 Å². The third-order valence-electron chi connectivity index (χ3n) is 6.52. The second-order valence-electron chi connectivity index (χ2n) is 11.6. The summed E-state index contributed by atoms with van der Waals surface area (Å²) in [7, 11) is -1.14. The van der Waals surface area contributed by atoms with Crippen molar-refractivity contribution in [1.29, 1.82) is 0 Å². The summed E-state index contributed by atoms with van der Waals surface area (Å²) in [5.74, 6) is 0. The Labute approximate surface area is 237 Å². The van der Waals surface area contributed by atoms with Gasteiger partial charge in [-0.25, -0.2) is 4.79 Å². The topological polar surface area (TPSA) is 59.0 Å². The predicted octanol–water partition coefficient (Wildman–Crippen LogP) is 6.43. The molecule has 0 saturated heterocycles. The van der Waals surface area contributed by atoms with Crippen LogP contribution in [0.25, 0.3) is 0 Å². The molecule has 204 valence electrons. The number of rotatable bonds is 8. The summed E-state index contributed by atoms with van der Waals surface area (Å²) in [4.78, 5) is 13.9. The maximum Gasteiger partial charge on any atom is 0.410 e. The largest absolute Gasteiger partial charge is 0.444 e. The Balaban J connectivity index is 1.99. The van der Waals surface area contributed by atoms with Gasteiger partial charge in [0, 0.05) is 11.5 Å². The van der Waals surface area contributed by atoms with Crippen LogP contribution in [0, 0.1) is 0 Å². The molecule has 1 amide bonds. The number of aliphatic hydroxyl groups is 1. The van der Waals surface area contributed by atoms with Crippen LogP contribution >= 0.6 is 15.9 Å². The number of nitrogens with zero attached hydrogens (tertiary/aromatic N) is 1. The van der Waals surface area contributed by atoms with Crippen molar-refractivity contribution in [2.24, 2.45) is 0 Å². The normalized spacial score (nSPS) is 13.2. The maximum atomic E-state index is 12.5. The van der Waals surface area contributed by atoms with Gasteiger partial charge in [-0.2, -0.15) is 0 Å². The molecule has 1 N–H and O–H groups in total. The molecule has 0 aliphatic carbocycles. The van der Waals surface area contributed by atoms with E-state index in [1.165, 1.54) is 15.3 Å². The number of benzene rings is 3. The zero-order chi connectivity index (χ0) is 28.1. The van der Waals surface area contributed by atoms with E-state index in [1.54, 1.807) is 7.05 Å². The molecule has 0 aliphatic heterocycles. The fourth-order valence-corrected chi connectivity index (χ4v) is 9.77. The Morgan fingerprint density at radius 3 is 1.89 bits per heavy atom. The molecule has 0 spiro atoms. The molecule has 0 radical (unpaired) electrons. The standard InChI is InChI=1S/C31H40BrNO4Si/c1-30(2,3)37-29(35)33(7)21-28(34)25-19-14-20-27(32)26(25)22-36-38(31(4,5)6,23-15-10-8-11-16-23)24-17-12-9-13-18-24/h8-20,28,34H,21-22H2,1-7H3. The van der Waals surface area contributed by atoms with Gasteiger partial charge in [0.1, 0.15) is 5.60 Å². The molecule has 3 aromatic carbocycles. The van der Waals surface area contributed by atoms with E-state index in [1.807, 2.05) is 51.1 Å². The second kappa shape index (κ2) is 12.2. The molecular formula is C31H40BrNO4Si. The lowest BCUT2D eigenvalue weighted by Gasteiger charge is -2.43. The van der Waals surface area contributed by atoms with E-state index in [2.05, 4.69) is 85.2 Å². The van der Waals surface area contributed by atoms with E-state index >= 15 is 0 Å². The summed E-state index contributed by atoms with van der Waals surface area (Å²) < 4.78 is 13.5. The van der Waals surface area contributed by atoms with Crippen LogP contribution in [0.1, 0.15) is 58.8 Å². The van der Waals surface area contributed by atoms with Crippen molar-refractivity contribution in [3.05, 3.63) is 94.5 Å². The van der Waals surface area contributed by atoms with E-state index in [9.17, 15) is 9.90 Å². The smallest absolute Gasteiger partial charge is 0.410 e. The molecule has 3 rings (SSSR count). The van der Waals surface area contributed by atoms with Gasteiger partial charge in [0.2, 0.25) is 0 Å². The Bertz CT molecular complexity index is 1170. The molecule has 0 aliphatic rings. The fraction of sp³-hybridized carbons (Fsp3) is 0.387. The summed E-state index contributed by atoms with van der Waals surface area (Å²) in [5.41, 5.74) is 0.971. The van der Waals surface area contributed by atoms with Gasteiger partial charge < -0.3 is 19.2 Å². The second-order valence-corrected chi connectivity index (χ2v) is 16.8. The highest BCUT2D eigenvalue weighted by molar-refractivity contribution is 9.10. The number of amides is 1. The summed E-state index contributed by atoms with van der Waals surface area (Å²) in [6, 6.07) is 26.7. The van der Waals surface area contributed by atoms with Crippen molar-refractivity contribution in [3.63, 3.8) is 0 Å². The summed E-state index contributed by atoms with van der Waals surface area (Å²) in [6.07, 6.45) is -1.39. The number of halogens is 1. The van der Waals surface area contributed by atoms with E-state index in [0.717, 1.165) is 10.0 Å². The summed E-state index contributed by atoms with van der Waals surface area (Å²) in [6.45, 7) is 12.6. The molecular weight excluding hydrogens is 558 g/mol. The van der Waals surface area contributed by atoms with Gasteiger partial charge in [0.15, 0.2) is 0 Å². The third-order valence-corrected chi connectivity index (χ3v) is 12.2. The molecule has 1 unspecified atom stereocenters. The molecule has 0 saturated carbocycles. The van der Waals surface area contributed by atoms with Gasteiger partial charge in [-0.1, -0.05) is 109 Å². The molecule has 5 nitrogen and oxygen atoms in total. The number of hydrogen-bond acceptors (Lipinski definition) is 4. The molecule has 0 heterocycles. The number of hydrogen-bond donors (Lipinski definition) is 1. The van der Waals surface area contributed by atoms with Crippen molar-refractivity contribution in [1.82, 2.24) is 4.90 Å². The van der Waals surface area contributed by atoms with Crippen LogP contribution < -0.4 is 10.4 Å². The molecule has 0 aromatic heterocycles. The van der Waals surface area contributed by atoms with Crippen LogP contribution in [0.2, 0.25) is 5.04 Å². The van der Waals surface area contributed by atoms with Gasteiger partial charge in [0.25, 0.3) is 8.32 Å². The van der Waals surface area contributed by atoms with Crippen LogP contribution in [0.15, 0.2) is 83.3 Å². The first-order valence-electron chi connectivity index (χ1n) is 12.9. The maximum absolute atomic E-state index is 12.5. The van der Waals surface area contributed by atoms with E-state index < -0.39 is 26.1 Å². The average Bonchev–Trinajstić information content (AvgIpc) is 2.84. The number of ether oxygens (including phenoxy) is 1. The van der Waals surface area contributed by atoms with Gasteiger partial charge in [0.05, 0.1) is 19.3 Å². The quantitative estimate of drug-likeness (QED) is 0.304. The molecule has 7 heteroatoms. The highest BCUT2D eigenvalue weighted by Gasteiger charge is 2.50. The summed E-state index contributed by atoms with van der Waals surface area (Å²) >= 11 is 3.70. The molecule has 0 bridgehead atoms. The first-order chi connectivity index (χ1) is 17.8. The number of likely N-dealkylation sites (N-methyl/N-ethyl adjacent to an activating group) is 1. The van der Waals surface area contributed by atoms with Crippen LogP contribution in [-0.2, 0) is 15.8 Å². The van der Waals surface area contributed by atoms with Crippen molar-refractivity contribution in [3.8, 4) is 0 Å². The lowest BCUT2D eigenvalue weighted by Crippen LogP contribution is -2.66. The summed E-state index contributed by atoms with van der Waals surface area (Å²) in [5, 5.41) is 13.5. The van der Waals surface area contributed by atoms with Crippen molar-refractivity contribution in [2.45, 2.75) is 64.9 Å². The lowest BCUT2D eigenvalue weighted by molar-refractivity contribution is 0.0203. The molecule has 3 aromatic rings. The first kappa shape index (κ1) is 30.1. The highest BCUT2D eigenvalue weighted by atomic mass is 79.9. The average molecular weight is 599 g/mol. The van der Waals surface area contributed by atoms with Crippen LogP contribution in [0.3, 0.4) is 0 Å². The fourth-order valence-electron chi connectivity index (χ4n) is 4.75. The van der Waals surface area contributed by atoms with Gasteiger partial charge in [-0.05, 0) is 53.4 Å². The predicted molar refractivity (Wildman–Crippen MR) is 160 cm³/mol. The van der Waals surface area contributed by atoms with Crippen molar-refractivity contribution in [2.75, 3.05) is 13.6 Å². The minimum Gasteiger partial charge on any atom is -0.444 e. The Morgan fingerprint density at radius 1 is 0.895 bits per heavy atom. The lowest BCUT2D eigenvalue weighted by atomic mass is 10.0. The van der Waals surface area contributed by atoms with Crippen molar-refractivity contribution >= 4 is 40.7 Å². The Kier molecular flexibility index (Phi) is 9.63. The number of aliphatic hydroxyl groups excluding tert-OH is 1. The van der Waals surface area contributed by atoms with Crippen LogP contribution in [0.4, 0.5) is 4.79 Å². The number of carbonyl (C=O) groups excluding carboxylic acids is 1. The van der Waals surface area contributed by atoms with Crippen molar-refractivity contribution < 1.29 is 19.1 Å². The van der Waals surface area contributed by atoms with Crippen LogP contribution in [-0.4, -0.2) is 43.6 Å². The zero-order valence-electron chi connectivity index (χ0n) is 23.5. The van der Waals surface area contributed by atoms with Gasteiger partial charge >= 0.3 is 6.09 Å². The monoisotopic (exact) mass is 597 g/mol. The SMILES string of the molecule is CN(CC(O)c1cccc(Br)c1CO[Si](c1ccccc1)(c1ccccc1)C(C)(C)C)C(=O)OC(C)(C)C. The van der Waals surface area contributed by atoms with Gasteiger partial charge in [-0.15, -0.1) is 0 Å². The number of carbonyl (C=O) groups is 1. The van der Waals surface area contributed by atoms with Gasteiger partial charge in [-0.3, -0.25) is 0 Å². The van der Waals surface area contributed by atoms with E-state index in [4.69, 9.17) is 9.16 Å². The minimum absolute atomic E-state index is 0.0948. The molecule has 0 fully saturated rings. The third kappa shape index (κ3) is 6.94. The minimum atomic E-state index is -2.78. The molecule has 1 atom stereocenters. The highest BCUT2D eigenvalue weighted by Crippen LogP contribution is 2.38. The Morgan fingerprint density at radius 2 is 1.42 bits per heavy atom. The molecule has 38 heavy (non-hydrogen) atoms. The zero-order valence-corrected chi connectivity index (χ0v) is 26.1. The Hall–Kier alpha value is -2.45.